The molecule has 0 fully saturated rings. The van der Waals surface area contributed by atoms with Crippen LogP contribution in [0.1, 0.15) is 24.5 Å². The monoisotopic (exact) mass is 278 g/mol. The second-order valence-electron chi connectivity index (χ2n) is 4.05. The molecule has 0 aliphatic rings. The fourth-order valence-electron chi connectivity index (χ4n) is 1.58. The minimum absolute atomic E-state index is 0.277. The Morgan fingerprint density at radius 3 is 2.53 bits per heavy atom. The van der Waals surface area contributed by atoms with E-state index in [2.05, 4.69) is 0 Å². The molecule has 108 valence electrons. The van der Waals surface area contributed by atoms with Gasteiger partial charge in [0.1, 0.15) is 12.4 Å². The summed E-state index contributed by atoms with van der Waals surface area (Å²) in [6, 6.07) is 6.52. The number of hydrogen-bond acceptors (Lipinski definition) is 3. The maximum Gasteiger partial charge on any atom is 0.389 e. The molecule has 1 atom stereocenters. The number of aliphatic hydroxyl groups excluding tert-OH is 1. The van der Waals surface area contributed by atoms with Crippen molar-refractivity contribution in [2.75, 3.05) is 20.3 Å². The standard InChI is InChI=1S/C13H17F3O3/c1-18-8-9-19-12-5-3-2-4-10(12)11(17)6-7-13(14,15)16/h2-5,11,17H,6-9H2,1H3. The molecule has 0 aromatic heterocycles. The van der Waals surface area contributed by atoms with Crippen molar-refractivity contribution < 1.29 is 27.8 Å². The molecule has 6 heteroatoms. The van der Waals surface area contributed by atoms with Crippen LogP contribution >= 0.6 is 0 Å². The van der Waals surface area contributed by atoms with E-state index in [0.29, 0.717) is 17.9 Å². The summed E-state index contributed by atoms with van der Waals surface area (Å²) in [6.07, 6.45) is -6.87. The van der Waals surface area contributed by atoms with E-state index in [0.717, 1.165) is 0 Å². The second kappa shape index (κ2) is 7.35. The Balaban J connectivity index is 2.64. The van der Waals surface area contributed by atoms with E-state index < -0.39 is 18.7 Å². The lowest BCUT2D eigenvalue weighted by Crippen LogP contribution is -2.11. The largest absolute Gasteiger partial charge is 0.491 e. The smallest absolute Gasteiger partial charge is 0.389 e. The molecule has 1 N–H and O–H groups in total. The number of para-hydroxylation sites is 1. The van der Waals surface area contributed by atoms with Gasteiger partial charge in [-0.3, -0.25) is 0 Å². The Labute approximate surface area is 110 Å². The summed E-state index contributed by atoms with van der Waals surface area (Å²) in [7, 11) is 1.52. The van der Waals surface area contributed by atoms with Crippen LogP contribution < -0.4 is 4.74 Å². The fraction of sp³-hybridized carbons (Fsp3) is 0.538. The van der Waals surface area contributed by atoms with Crippen molar-refractivity contribution in [2.45, 2.75) is 25.1 Å². The molecule has 0 aliphatic heterocycles. The SMILES string of the molecule is COCCOc1ccccc1C(O)CCC(F)(F)F. The zero-order valence-corrected chi connectivity index (χ0v) is 10.6. The number of aliphatic hydroxyl groups is 1. The van der Waals surface area contributed by atoms with Crippen molar-refractivity contribution in [3.05, 3.63) is 29.8 Å². The average molecular weight is 278 g/mol. The third-order valence-corrected chi connectivity index (χ3v) is 2.52. The van der Waals surface area contributed by atoms with E-state index in [-0.39, 0.29) is 13.0 Å². The summed E-state index contributed by atoms with van der Waals surface area (Å²) < 4.78 is 46.5. The van der Waals surface area contributed by atoms with Gasteiger partial charge >= 0.3 is 6.18 Å². The molecule has 1 aromatic rings. The molecule has 0 heterocycles. The average Bonchev–Trinajstić information content (AvgIpc) is 2.36. The van der Waals surface area contributed by atoms with Gasteiger partial charge in [0, 0.05) is 19.1 Å². The molecule has 0 bridgehead atoms. The van der Waals surface area contributed by atoms with E-state index in [1.54, 1.807) is 24.3 Å². The van der Waals surface area contributed by atoms with Crippen molar-refractivity contribution in [1.82, 2.24) is 0 Å². The minimum Gasteiger partial charge on any atom is -0.491 e. The number of rotatable bonds is 7. The van der Waals surface area contributed by atoms with Gasteiger partial charge in [0.25, 0.3) is 0 Å². The molecule has 1 aromatic carbocycles. The lowest BCUT2D eigenvalue weighted by molar-refractivity contribution is -0.140. The van der Waals surface area contributed by atoms with Crippen LogP contribution in [0.4, 0.5) is 13.2 Å². The van der Waals surface area contributed by atoms with Gasteiger partial charge in [0.15, 0.2) is 0 Å². The van der Waals surface area contributed by atoms with Crippen LogP contribution in [0.15, 0.2) is 24.3 Å². The highest BCUT2D eigenvalue weighted by Gasteiger charge is 2.28. The molecule has 19 heavy (non-hydrogen) atoms. The molecule has 0 amide bonds. The number of methoxy groups -OCH3 is 1. The van der Waals surface area contributed by atoms with Crippen LogP contribution in [-0.2, 0) is 4.74 Å². The minimum atomic E-state index is -4.27. The first kappa shape index (κ1) is 15.8. The zero-order valence-electron chi connectivity index (χ0n) is 10.6. The van der Waals surface area contributed by atoms with E-state index in [1.165, 1.54) is 7.11 Å². The normalized spacial score (nSPS) is 13.3. The summed E-state index contributed by atoms with van der Waals surface area (Å²) in [4.78, 5) is 0. The molecule has 0 saturated carbocycles. The first-order valence-electron chi connectivity index (χ1n) is 5.89. The maximum atomic E-state index is 12.1. The molecule has 0 saturated heterocycles. The number of halogens is 3. The fourth-order valence-corrected chi connectivity index (χ4v) is 1.58. The summed E-state index contributed by atoms with van der Waals surface area (Å²) in [5, 5.41) is 9.81. The van der Waals surface area contributed by atoms with E-state index >= 15 is 0 Å². The Morgan fingerprint density at radius 1 is 1.21 bits per heavy atom. The van der Waals surface area contributed by atoms with E-state index in [9.17, 15) is 18.3 Å². The lowest BCUT2D eigenvalue weighted by Gasteiger charge is -2.16. The van der Waals surface area contributed by atoms with E-state index in [1.807, 2.05) is 0 Å². The van der Waals surface area contributed by atoms with Crippen molar-refractivity contribution in [1.29, 1.82) is 0 Å². The van der Waals surface area contributed by atoms with Gasteiger partial charge in [-0.05, 0) is 12.5 Å². The highest BCUT2D eigenvalue weighted by molar-refractivity contribution is 5.35. The quantitative estimate of drug-likeness (QED) is 0.779. The van der Waals surface area contributed by atoms with Gasteiger partial charge < -0.3 is 14.6 Å². The molecular formula is C13H17F3O3. The van der Waals surface area contributed by atoms with E-state index in [4.69, 9.17) is 9.47 Å². The van der Waals surface area contributed by atoms with Crippen LogP contribution in [0.2, 0.25) is 0 Å². The van der Waals surface area contributed by atoms with Crippen molar-refractivity contribution in [3.8, 4) is 5.75 Å². The Bertz CT molecular complexity index is 380. The Kier molecular flexibility index (Phi) is 6.11. The number of ether oxygens (including phenoxy) is 2. The number of hydrogen-bond donors (Lipinski definition) is 1. The van der Waals surface area contributed by atoms with Gasteiger partial charge in [-0.1, -0.05) is 18.2 Å². The number of benzene rings is 1. The summed E-state index contributed by atoms with van der Waals surface area (Å²) in [5.74, 6) is 0.384. The Morgan fingerprint density at radius 2 is 1.89 bits per heavy atom. The maximum absolute atomic E-state index is 12.1. The summed E-state index contributed by atoms with van der Waals surface area (Å²) >= 11 is 0. The summed E-state index contributed by atoms with van der Waals surface area (Å²) in [6.45, 7) is 0.645. The van der Waals surface area contributed by atoms with Crippen molar-refractivity contribution >= 4 is 0 Å². The first-order chi connectivity index (χ1) is 8.94. The van der Waals surface area contributed by atoms with Crippen LogP contribution in [0.5, 0.6) is 5.75 Å². The number of alkyl halides is 3. The lowest BCUT2D eigenvalue weighted by atomic mass is 10.0. The van der Waals surface area contributed by atoms with Gasteiger partial charge in [-0.2, -0.15) is 13.2 Å². The second-order valence-corrected chi connectivity index (χ2v) is 4.05. The van der Waals surface area contributed by atoms with Gasteiger partial charge in [-0.15, -0.1) is 0 Å². The van der Waals surface area contributed by atoms with Crippen molar-refractivity contribution in [3.63, 3.8) is 0 Å². The highest BCUT2D eigenvalue weighted by atomic mass is 19.4. The molecule has 1 unspecified atom stereocenters. The van der Waals surface area contributed by atoms with Gasteiger partial charge in [0.2, 0.25) is 0 Å². The summed E-state index contributed by atoms with van der Waals surface area (Å²) in [5.41, 5.74) is 0.364. The molecule has 0 spiro atoms. The zero-order chi connectivity index (χ0) is 14.3. The third-order valence-electron chi connectivity index (χ3n) is 2.52. The third kappa shape index (κ3) is 5.94. The predicted molar refractivity (Wildman–Crippen MR) is 64.1 cm³/mol. The molecule has 0 radical (unpaired) electrons. The molecular weight excluding hydrogens is 261 g/mol. The van der Waals surface area contributed by atoms with Gasteiger partial charge in [0.05, 0.1) is 12.7 Å². The van der Waals surface area contributed by atoms with Crippen LogP contribution in [-0.4, -0.2) is 31.6 Å². The van der Waals surface area contributed by atoms with Crippen LogP contribution in [0, 0.1) is 0 Å². The van der Waals surface area contributed by atoms with Gasteiger partial charge in [-0.25, -0.2) is 0 Å². The predicted octanol–water partition coefficient (Wildman–Crippen LogP) is 3.09. The first-order valence-corrected chi connectivity index (χ1v) is 5.89. The highest BCUT2D eigenvalue weighted by Crippen LogP contribution is 2.31. The Hall–Kier alpha value is -1.27. The molecule has 3 nitrogen and oxygen atoms in total. The van der Waals surface area contributed by atoms with Crippen LogP contribution in [0.3, 0.4) is 0 Å². The van der Waals surface area contributed by atoms with Crippen molar-refractivity contribution in [2.24, 2.45) is 0 Å². The molecule has 0 aliphatic carbocycles. The topological polar surface area (TPSA) is 38.7 Å². The van der Waals surface area contributed by atoms with Crippen LogP contribution in [0.25, 0.3) is 0 Å². The molecule has 1 rings (SSSR count).